The summed E-state index contributed by atoms with van der Waals surface area (Å²) in [5.74, 6) is 0. The summed E-state index contributed by atoms with van der Waals surface area (Å²) >= 11 is 0. The highest BCUT2D eigenvalue weighted by Crippen LogP contribution is 2.12. The van der Waals surface area contributed by atoms with Crippen LogP contribution in [-0.4, -0.2) is 16.6 Å². The first-order chi connectivity index (χ1) is 6.24. The van der Waals surface area contributed by atoms with E-state index in [2.05, 4.69) is 0 Å². The standard InChI is InChI=1S/C9H9NO3/c11-7-9(6-10(12)13)8-4-2-1-3-5-8/h1-6,11H,7H2/b9-6-. The summed E-state index contributed by atoms with van der Waals surface area (Å²) in [6.45, 7) is -0.328. The fourth-order valence-electron chi connectivity index (χ4n) is 0.986. The number of nitro groups is 1. The van der Waals surface area contributed by atoms with Gasteiger partial charge in [-0.2, -0.15) is 0 Å². The quantitative estimate of drug-likeness (QED) is 0.561. The van der Waals surface area contributed by atoms with Gasteiger partial charge in [-0.1, -0.05) is 30.3 Å². The molecule has 0 fully saturated rings. The third-order valence-electron chi connectivity index (χ3n) is 1.58. The van der Waals surface area contributed by atoms with E-state index in [0.29, 0.717) is 11.1 Å². The smallest absolute Gasteiger partial charge is 0.240 e. The molecule has 0 spiro atoms. The summed E-state index contributed by atoms with van der Waals surface area (Å²) in [5.41, 5.74) is 0.979. The predicted octanol–water partition coefficient (Wildman–Crippen LogP) is 1.30. The van der Waals surface area contributed by atoms with Gasteiger partial charge in [-0.3, -0.25) is 10.1 Å². The maximum Gasteiger partial charge on any atom is 0.240 e. The van der Waals surface area contributed by atoms with Gasteiger partial charge < -0.3 is 5.11 Å². The highest BCUT2D eigenvalue weighted by Gasteiger charge is 2.03. The molecule has 0 aliphatic heterocycles. The Labute approximate surface area is 75.3 Å². The molecule has 1 N–H and O–H groups in total. The van der Waals surface area contributed by atoms with E-state index in [1.165, 1.54) is 0 Å². The van der Waals surface area contributed by atoms with Crippen LogP contribution in [0.5, 0.6) is 0 Å². The van der Waals surface area contributed by atoms with Gasteiger partial charge in [-0.25, -0.2) is 0 Å². The lowest BCUT2D eigenvalue weighted by molar-refractivity contribution is -0.401. The van der Waals surface area contributed by atoms with E-state index >= 15 is 0 Å². The summed E-state index contributed by atoms with van der Waals surface area (Å²) in [6.07, 6.45) is 0.815. The lowest BCUT2D eigenvalue weighted by atomic mass is 10.1. The molecular weight excluding hydrogens is 170 g/mol. The Morgan fingerprint density at radius 2 is 2.08 bits per heavy atom. The van der Waals surface area contributed by atoms with Crippen molar-refractivity contribution in [3.8, 4) is 0 Å². The van der Waals surface area contributed by atoms with Crippen molar-refractivity contribution in [2.45, 2.75) is 0 Å². The van der Waals surface area contributed by atoms with Crippen molar-refractivity contribution in [3.63, 3.8) is 0 Å². The molecule has 0 saturated carbocycles. The Morgan fingerprint density at radius 3 is 2.54 bits per heavy atom. The van der Waals surface area contributed by atoms with Crippen molar-refractivity contribution >= 4 is 5.57 Å². The molecule has 1 rings (SSSR count). The van der Waals surface area contributed by atoms with Gasteiger partial charge in [-0.05, 0) is 5.56 Å². The van der Waals surface area contributed by atoms with Crippen LogP contribution in [0.2, 0.25) is 0 Å². The number of rotatable bonds is 3. The van der Waals surface area contributed by atoms with Crippen LogP contribution in [0.3, 0.4) is 0 Å². The van der Waals surface area contributed by atoms with Gasteiger partial charge >= 0.3 is 0 Å². The number of hydrogen-bond donors (Lipinski definition) is 1. The van der Waals surface area contributed by atoms with Crippen LogP contribution in [0.1, 0.15) is 5.56 Å². The zero-order valence-electron chi connectivity index (χ0n) is 6.88. The summed E-state index contributed by atoms with van der Waals surface area (Å²) < 4.78 is 0. The Kier molecular flexibility index (Phi) is 3.16. The third kappa shape index (κ3) is 2.68. The number of nitrogens with zero attached hydrogens (tertiary/aromatic N) is 1. The fraction of sp³-hybridized carbons (Fsp3) is 0.111. The predicted molar refractivity (Wildman–Crippen MR) is 48.5 cm³/mol. The SMILES string of the molecule is O=[N+]([O-])/C=C(/CO)c1ccccc1. The van der Waals surface area contributed by atoms with Crippen LogP contribution in [0, 0.1) is 10.1 Å². The van der Waals surface area contributed by atoms with Crippen LogP contribution >= 0.6 is 0 Å². The average Bonchev–Trinajstić information content (AvgIpc) is 2.15. The Bertz CT molecular complexity index is 319. The number of benzene rings is 1. The largest absolute Gasteiger partial charge is 0.391 e. The topological polar surface area (TPSA) is 63.4 Å². The maximum absolute atomic E-state index is 10.2. The van der Waals surface area contributed by atoms with Crippen molar-refractivity contribution in [2.24, 2.45) is 0 Å². The molecule has 68 valence electrons. The minimum absolute atomic E-state index is 0.311. The fourth-order valence-corrected chi connectivity index (χ4v) is 0.986. The van der Waals surface area contributed by atoms with E-state index in [9.17, 15) is 10.1 Å². The molecule has 1 aromatic rings. The molecule has 0 atom stereocenters. The normalized spacial score (nSPS) is 11.3. The number of hydrogen-bond acceptors (Lipinski definition) is 3. The van der Waals surface area contributed by atoms with Crippen molar-refractivity contribution in [2.75, 3.05) is 6.61 Å². The highest BCUT2D eigenvalue weighted by molar-refractivity contribution is 5.64. The van der Waals surface area contributed by atoms with Gasteiger partial charge in [0, 0.05) is 0 Å². The first-order valence-electron chi connectivity index (χ1n) is 3.74. The van der Waals surface area contributed by atoms with E-state index in [0.717, 1.165) is 6.20 Å². The van der Waals surface area contributed by atoms with Gasteiger partial charge in [0.2, 0.25) is 6.20 Å². The second-order valence-electron chi connectivity index (χ2n) is 2.46. The second-order valence-corrected chi connectivity index (χ2v) is 2.46. The van der Waals surface area contributed by atoms with Gasteiger partial charge in [0.05, 0.1) is 17.1 Å². The van der Waals surface area contributed by atoms with E-state index in [1.54, 1.807) is 24.3 Å². The van der Waals surface area contributed by atoms with Crippen molar-refractivity contribution in [1.29, 1.82) is 0 Å². The third-order valence-corrected chi connectivity index (χ3v) is 1.58. The highest BCUT2D eigenvalue weighted by atomic mass is 16.6. The van der Waals surface area contributed by atoms with Crippen LogP contribution in [0.15, 0.2) is 36.5 Å². The second kappa shape index (κ2) is 4.37. The molecule has 0 unspecified atom stereocenters. The average molecular weight is 179 g/mol. The monoisotopic (exact) mass is 179 g/mol. The molecule has 1 aromatic carbocycles. The van der Waals surface area contributed by atoms with Crippen molar-refractivity contribution in [3.05, 3.63) is 52.2 Å². The molecule has 0 aromatic heterocycles. The van der Waals surface area contributed by atoms with Gasteiger partial charge in [0.15, 0.2) is 0 Å². The first-order valence-corrected chi connectivity index (χ1v) is 3.74. The molecule has 4 heteroatoms. The first kappa shape index (κ1) is 9.41. The van der Waals surface area contributed by atoms with E-state index < -0.39 is 4.92 Å². The summed E-state index contributed by atoms with van der Waals surface area (Å²) in [5, 5.41) is 19.0. The molecule has 0 saturated heterocycles. The molecule has 0 aliphatic rings. The molecule has 4 nitrogen and oxygen atoms in total. The lowest BCUT2D eigenvalue weighted by Gasteiger charge is -1.99. The summed E-state index contributed by atoms with van der Waals surface area (Å²) in [6, 6.07) is 8.76. The Morgan fingerprint density at radius 1 is 1.46 bits per heavy atom. The molecule has 0 radical (unpaired) electrons. The molecule has 0 heterocycles. The Hall–Kier alpha value is -1.68. The van der Waals surface area contributed by atoms with Gasteiger partial charge in [0.1, 0.15) is 0 Å². The molecule has 0 bridgehead atoms. The molecular formula is C9H9NO3. The van der Waals surface area contributed by atoms with Crippen LogP contribution < -0.4 is 0 Å². The summed E-state index contributed by atoms with van der Waals surface area (Å²) in [4.78, 5) is 9.59. The zero-order valence-corrected chi connectivity index (χ0v) is 6.88. The maximum atomic E-state index is 10.2. The summed E-state index contributed by atoms with van der Waals surface area (Å²) in [7, 11) is 0. The molecule has 13 heavy (non-hydrogen) atoms. The molecule has 0 aliphatic carbocycles. The van der Waals surface area contributed by atoms with Crippen LogP contribution in [0.25, 0.3) is 5.57 Å². The Balaban J connectivity index is 2.98. The van der Waals surface area contributed by atoms with Crippen molar-refractivity contribution in [1.82, 2.24) is 0 Å². The van der Waals surface area contributed by atoms with Gasteiger partial charge in [-0.15, -0.1) is 0 Å². The number of aliphatic hydroxyl groups is 1. The number of aliphatic hydroxyl groups excluding tert-OH is 1. The minimum Gasteiger partial charge on any atom is -0.391 e. The van der Waals surface area contributed by atoms with Crippen LogP contribution in [-0.2, 0) is 0 Å². The van der Waals surface area contributed by atoms with Gasteiger partial charge in [0.25, 0.3) is 0 Å². The van der Waals surface area contributed by atoms with E-state index in [1.807, 2.05) is 6.07 Å². The van der Waals surface area contributed by atoms with Crippen molar-refractivity contribution < 1.29 is 10.0 Å². The molecule has 0 amide bonds. The van der Waals surface area contributed by atoms with E-state index in [-0.39, 0.29) is 6.61 Å². The van der Waals surface area contributed by atoms with E-state index in [4.69, 9.17) is 5.11 Å². The van der Waals surface area contributed by atoms with Crippen LogP contribution in [0.4, 0.5) is 0 Å². The minimum atomic E-state index is -0.571. The zero-order chi connectivity index (χ0) is 9.68. The lowest BCUT2D eigenvalue weighted by Crippen LogP contribution is -1.94.